The Bertz CT molecular complexity index is 1540. The number of carbonyl (C=O) groups is 1. The van der Waals surface area contributed by atoms with Gasteiger partial charge in [0.15, 0.2) is 16.6 Å². The molecule has 0 spiro atoms. The molecule has 1 heterocycles. The molecule has 0 unspecified atom stereocenters. The Morgan fingerprint density at radius 2 is 1.44 bits per heavy atom. The largest absolute Gasteiger partial charge is 0.497 e. The molecular formula is C45H73NO5S2Si2. The predicted octanol–water partition coefficient (Wildman–Crippen LogP) is 12.0. The van der Waals surface area contributed by atoms with Crippen LogP contribution in [0.5, 0.6) is 5.75 Å². The minimum absolute atomic E-state index is 0.00249. The van der Waals surface area contributed by atoms with Gasteiger partial charge in [0.1, 0.15) is 10.1 Å². The number of ether oxygens (including phenoxy) is 2. The molecule has 2 aromatic rings. The van der Waals surface area contributed by atoms with Crippen LogP contribution in [0.25, 0.3) is 0 Å². The van der Waals surface area contributed by atoms with E-state index < -0.39 is 28.7 Å². The van der Waals surface area contributed by atoms with Crippen molar-refractivity contribution in [1.29, 1.82) is 0 Å². The van der Waals surface area contributed by atoms with Gasteiger partial charge >= 0.3 is 0 Å². The van der Waals surface area contributed by atoms with Gasteiger partial charge in [0.25, 0.3) is 0 Å². The van der Waals surface area contributed by atoms with Crippen molar-refractivity contribution in [1.82, 2.24) is 4.90 Å². The van der Waals surface area contributed by atoms with E-state index in [0.29, 0.717) is 10.9 Å². The van der Waals surface area contributed by atoms with E-state index in [-0.39, 0.29) is 52.0 Å². The highest BCUT2D eigenvalue weighted by Gasteiger charge is 2.48. The highest BCUT2D eigenvalue weighted by Crippen LogP contribution is 2.43. The lowest BCUT2D eigenvalue weighted by Crippen LogP contribution is -2.54. The van der Waals surface area contributed by atoms with E-state index in [1.807, 2.05) is 29.2 Å². The summed E-state index contributed by atoms with van der Waals surface area (Å²) in [7, 11) is -2.72. The van der Waals surface area contributed by atoms with Crippen LogP contribution in [0, 0.1) is 23.7 Å². The van der Waals surface area contributed by atoms with Crippen molar-refractivity contribution in [2.24, 2.45) is 23.7 Å². The fraction of sp³-hybridized carbons (Fsp3) is 0.644. The quantitative estimate of drug-likeness (QED) is 0.0794. The average Bonchev–Trinajstić information content (AvgIpc) is 3.47. The van der Waals surface area contributed by atoms with Gasteiger partial charge in [0.05, 0.1) is 44.0 Å². The summed E-state index contributed by atoms with van der Waals surface area (Å²) in [5.41, 5.74) is 2.27. The van der Waals surface area contributed by atoms with E-state index in [2.05, 4.69) is 138 Å². The predicted molar refractivity (Wildman–Crippen MR) is 243 cm³/mol. The number of thiocarbonyl (C=S) groups is 1. The Hall–Kier alpha value is -1.80. The molecule has 3 rings (SSSR count). The Morgan fingerprint density at radius 3 is 1.96 bits per heavy atom. The van der Waals surface area contributed by atoms with Gasteiger partial charge in [-0.25, -0.2) is 0 Å². The van der Waals surface area contributed by atoms with Crippen molar-refractivity contribution < 1.29 is 23.1 Å². The number of carbonyl (C=O) groups excluding carboxylic acids is 1. The monoisotopic (exact) mass is 827 g/mol. The number of hydrogen-bond acceptors (Lipinski definition) is 7. The zero-order chi connectivity index (χ0) is 41.5. The molecule has 6 nitrogen and oxygen atoms in total. The van der Waals surface area contributed by atoms with Gasteiger partial charge < -0.3 is 18.3 Å². The van der Waals surface area contributed by atoms with Crippen LogP contribution < -0.4 is 4.74 Å². The van der Waals surface area contributed by atoms with Crippen LogP contribution in [0.2, 0.25) is 36.3 Å². The Kier molecular flexibility index (Phi) is 17.1. The minimum atomic E-state index is -2.36. The van der Waals surface area contributed by atoms with E-state index in [4.69, 9.17) is 30.5 Å². The highest BCUT2D eigenvalue weighted by molar-refractivity contribution is 8.23. The van der Waals surface area contributed by atoms with E-state index in [1.165, 1.54) is 5.56 Å². The summed E-state index contributed by atoms with van der Waals surface area (Å²) in [6.07, 6.45) is 2.94. The summed E-state index contributed by atoms with van der Waals surface area (Å²) in [6, 6.07) is 18.5. The van der Waals surface area contributed by atoms with Crippen LogP contribution in [-0.2, 0) is 31.4 Å². The lowest BCUT2D eigenvalue weighted by molar-refractivity contribution is -0.139. The number of hydrogen-bond donors (Lipinski definition) is 0. The number of thioether (sulfide) groups is 1. The van der Waals surface area contributed by atoms with Crippen LogP contribution >= 0.6 is 24.0 Å². The van der Waals surface area contributed by atoms with Gasteiger partial charge in [0.2, 0.25) is 5.91 Å². The fourth-order valence-corrected chi connectivity index (χ4v) is 11.3. The van der Waals surface area contributed by atoms with Gasteiger partial charge in [-0.15, -0.1) is 6.58 Å². The molecule has 0 bridgehead atoms. The van der Waals surface area contributed by atoms with Crippen LogP contribution in [-0.4, -0.2) is 69.0 Å². The van der Waals surface area contributed by atoms with Gasteiger partial charge in [-0.3, -0.25) is 9.69 Å². The number of amides is 1. The molecular weight excluding hydrogens is 755 g/mol. The summed E-state index contributed by atoms with van der Waals surface area (Å²) in [4.78, 5) is 16.8. The molecule has 8 atom stereocenters. The van der Waals surface area contributed by atoms with Crippen LogP contribution in [0.4, 0.5) is 0 Å². The number of nitrogens with zero attached hydrogens (tertiary/aromatic N) is 1. The number of benzene rings is 2. The molecule has 0 N–H and O–H groups in total. The van der Waals surface area contributed by atoms with Crippen molar-refractivity contribution in [3.8, 4) is 5.75 Å². The van der Waals surface area contributed by atoms with Crippen molar-refractivity contribution >= 4 is 50.8 Å². The molecule has 55 heavy (non-hydrogen) atoms. The lowest BCUT2D eigenvalue weighted by Gasteiger charge is -2.46. The van der Waals surface area contributed by atoms with E-state index in [0.717, 1.165) is 29.9 Å². The normalized spacial score (nSPS) is 19.7. The summed E-state index contributed by atoms with van der Waals surface area (Å²) in [5.74, 6) is 1.40. The average molecular weight is 828 g/mol. The van der Waals surface area contributed by atoms with Crippen molar-refractivity contribution in [2.45, 2.75) is 149 Å². The first kappa shape index (κ1) is 47.6. The molecule has 1 aliphatic rings. The van der Waals surface area contributed by atoms with Crippen molar-refractivity contribution in [3.05, 3.63) is 78.4 Å². The standard InChI is InChI=1S/C45H73NO5S2Si2/c1-17-39(50-54(13,14)44(6,7)8)31(2)27-32(3)40(49-29-36-23-25-38(48-12)26-24-36)33(4)41(51-55(15,16)45(9,10)11)34(5)42(47)46-37(30-53-43(46)52)28-35-21-19-18-20-22-35/h17-26,31-34,37,39-41H,1,27-30H2,2-16H3/t31-,32+,33-,34-,37+,39-,40+,41+/m1/s1. The van der Waals surface area contributed by atoms with Crippen molar-refractivity contribution in [2.75, 3.05) is 12.9 Å². The molecule has 1 saturated heterocycles. The second-order valence-electron chi connectivity index (χ2n) is 19.0. The molecule has 0 radical (unpaired) electrons. The molecule has 0 saturated carbocycles. The van der Waals surface area contributed by atoms with E-state index in [9.17, 15) is 4.79 Å². The Labute approximate surface area is 347 Å². The third kappa shape index (κ3) is 12.6. The maximum absolute atomic E-state index is 14.9. The lowest BCUT2D eigenvalue weighted by atomic mass is 9.79. The first-order valence-electron chi connectivity index (χ1n) is 20.2. The molecule has 1 amide bonds. The SMILES string of the molecule is C=C[C@@H](O[Si](C)(C)C(C)(C)C)[C@H](C)C[C@H](C)[C@H](OCc1ccc(OC)cc1)[C@@H](C)[C@H](O[Si](C)(C)C(C)(C)C)[C@@H](C)C(=O)N1C(=S)SC[C@@H]1Cc1ccccc1. The van der Waals surface area contributed by atoms with Gasteiger partial charge in [-0.2, -0.15) is 0 Å². The molecule has 10 heteroatoms. The number of rotatable bonds is 19. The highest BCUT2D eigenvalue weighted by atomic mass is 32.2. The summed E-state index contributed by atoms with van der Waals surface area (Å²) >= 11 is 7.49. The second-order valence-corrected chi connectivity index (χ2v) is 30.2. The van der Waals surface area contributed by atoms with Gasteiger partial charge in [0, 0.05) is 11.7 Å². The maximum Gasteiger partial charge on any atom is 0.233 e. The van der Waals surface area contributed by atoms with E-state index >= 15 is 0 Å². The first-order valence-corrected chi connectivity index (χ1v) is 27.4. The third-order valence-corrected chi connectivity index (χ3v) is 23.1. The summed E-state index contributed by atoms with van der Waals surface area (Å²) in [6.45, 7) is 36.3. The topological polar surface area (TPSA) is 57.2 Å². The Balaban J connectivity index is 2.03. The smallest absolute Gasteiger partial charge is 0.233 e. The fourth-order valence-electron chi connectivity index (χ4n) is 7.01. The first-order chi connectivity index (χ1) is 25.4. The summed E-state index contributed by atoms with van der Waals surface area (Å²) in [5, 5.41) is 0.0333. The van der Waals surface area contributed by atoms with Gasteiger partial charge in [-0.05, 0) is 84.2 Å². The molecule has 2 aromatic carbocycles. The molecule has 308 valence electrons. The third-order valence-electron chi connectivity index (χ3n) is 12.6. The zero-order valence-electron chi connectivity index (χ0n) is 36.7. The molecule has 1 aliphatic heterocycles. The summed E-state index contributed by atoms with van der Waals surface area (Å²) < 4.78 is 27.4. The van der Waals surface area contributed by atoms with Crippen molar-refractivity contribution in [3.63, 3.8) is 0 Å². The second kappa shape index (κ2) is 19.8. The van der Waals surface area contributed by atoms with Gasteiger partial charge in [-0.1, -0.05) is 142 Å². The van der Waals surface area contributed by atoms with E-state index in [1.54, 1.807) is 18.9 Å². The zero-order valence-corrected chi connectivity index (χ0v) is 40.4. The molecule has 0 aromatic heterocycles. The van der Waals surface area contributed by atoms with Crippen LogP contribution in [0.3, 0.4) is 0 Å². The minimum Gasteiger partial charge on any atom is -0.497 e. The maximum atomic E-state index is 14.9. The molecule has 1 fully saturated rings. The van der Waals surface area contributed by atoms with Crippen LogP contribution in [0.1, 0.15) is 86.8 Å². The number of methoxy groups -OCH3 is 1. The molecule has 0 aliphatic carbocycles. The Morgan fingerprint density at radius 1 is 0.873 bits per heavy atom. The van der Waals surface area contributed by atoms with Crippen LogP contribution in [0.15, 0.2) is 67.3 Å².